The average Bonchev–Trinajstić information content (AvgIpc) is 2.33. The minimum absolute atomic E-state index is 0.185. The van der Waals surface area contributed by atoms with E-state index in [1.165, 1.54) is 0 Å². The Morgan fingerprint density at radius 1 is 1.57 bits per heavy atom. The molecular weight excluding hydrogens is 192 g/mol. The van der Waals surface area contributed by atoms with Gasteiger partial charge in [0.2, 0.25) is 0 Å². The summed E-state index contributed by atoms with van der Waals surface area (Å²) >= 11 is 0. The molecule has 0 saturated carbocycles. The number of rotatable bonds is 3. The first-order valence-corrected chi connectivity index (χ1v) is 3.92. The second-order valence-corrected chi connectivity index (χ2v) is 2.49. The van der Waals surface area contributed by atoms with Crippen LogP contribution in [0.15, 0.2) is 4.79 Å². The third kappa shape index (κ3) is 1.87. The quantitative estimate of drug-likeness (QED) is 0.554. The van der Waals surface area contributed by atoms with E-state index in [1.54, 1.807) is 6.92 Å². The lowest BCUT2D eigenvalue weighted by Crippen LogP contribution is -2.22. The number of imidazole rings is 1. The van der Waals surface area contributed by atoms with Crippen molar-refractivity contribution < 1.29 is 19.7 Å². The molecule has 0 spiro atoms. The molecule has 7 nitrogen and oxygen atoms in total. The standard InChI is InChI=1S/C7H10N2O5/c1-2-14-4(10)3-9-6(12)5(11)8-7(9)13/h11-12H,2-3H2,1H3,(H,8,13). The van der Waals surface area contributed by atoms with Gasteiger partial charge in [0.1, 0.15) is 6.54 Å². The van der Waals surface area contributed by atoms with E-state index in [1.807, 2.05) is 4.98 Å². The van der Waals surface area contributed by atoms with Crippen molar-refractivity contribution in [2.24, 2.45) is 0 Å². The summed E-state index contributed by atoms with van der Waals surface area (Å²) in [4.78, 5) is 23.8. The molecule has 0 fully saturated rings. The Balaban J connectivity index is 2.86. The monoisotopic (exact) mass is 202 g/mol. The van der Waals surface area contributed by atoms with Gasteiger partial charge in [-0.3, -0.25) is 9.78 Å². The molecule has 3 N–H and O–H groups in total. The van der Waals surface area contributed by atoms with Gasteiger partial charge in [-0.25, -0.2) is 9.36 Å². The van der Waals surface area contributed by atoms with Gasteiger partial charge in [0.15, 0.2) is 0 Å². The van der Waals surface area contributed by atoms with E-state index < -0.39 is 30.0 Å². The largest absolute Gasteiger partial charge is 0.491 e. The molecular formula is C7H10N2O5. The summed E-state index contributed by atoms with van der Waals surface area (Å²) in [5.74, 6) is -2.01. The molecule has 0 amide bonds. The first-order chi connectivity index (χ1) is 6.56. The first-order valence-electron chi connectivity index (χ1n) is 3.92. The van der Waals surface area contributed by atoms with Crippen molar-refractivity contribution in [3.8, 4) is 11.8 Å². The van der Waals surface area contributed by atoms with Crippen LogP contribution in [-0.2, 0) is 16.1 Å². The summed E-state index contributed by atoms with van der Waals surface area (Å²) < 4.78 is 5.23. The van der Waals surface area contributed by atoms with Crippen molar-refractivity contribution >= 4 is 5.97 Å². The second kappa shape index (κ2) is 3.86. The van der Waals surface area contributed by atoms with E-state index in [-0.39, 0.29) is 6.61 Å². The number of aromatic amines is 1. The highest BCUT2D eigenvalue weighted by molar-refractivity contribution is 5.69. The first kappa shape index (κ1) is 10.2. The van der Waals surface area contributed by atoms with Crippen molar-refractivity contribution in [3.05, 3.63) is 10.5 Å². The van der Waals surface area contributed by atoms with Gasteiger partial charge in [0.05, 0.1) is 6.61 Å². The van der Waals surface area contributed by atoms with Crippen LogP contribution < -0.4 is 5.69 Å². The summed E-state index contributed by atoms with van der Waals surface area (Å²) in [5, 5.41) is 18.0. The topological polar surface area (TPSA) is 105 Å². The number of hydrogen-bond acceptors (Lipinski definition) is 5. The van der Waals surface area contributed by atoms with Crippen molar-refractivity contribution in [2.75, 3.05) is 6.61 Å². The predicted molar refractivity (Wildman–Crippen MR) is 45.0 cm³/mol. The van der Waals surface area contributed by atoms with E-state index >= 15 is 0 Å². The summed E-state index contributed by atoms with van der Waals surface area (Å²) in [6.45, 7) is 1.37. The maximum atomic E-state index is 11.0. The highest BCUT2D eigenvalue weighted by Crippen LogP contribution is 2.18. The van der Waals surface area contributed by atoms with Crippen molar-refractivity contribution in [1.82, 2.24) is 9.55 Å². The number of carbonyl (C=O) groups is 1. The number of aromatic hydroxyl groups is 2. The van der Waals surface area contributed by atoms with Crippen LogP contribution in [0.4, 0.5) is 0 Å². The average molecular weight is 202 g/mol. The lowest BCUT2D eigenvalue weighted by Gasteiger charge is -2.01. The zero-order valence-electron chi connectivity index (χ0n) is 7.48. The smallest absolute Gasteiger partial charge is 0.331 e. The molecule has 0 aliphatic rings. The fraction of sp³-hybridized carbons (Fsp3) is 0.429. The van der Waals surface area contributed by atoms with Gasteiger partial charge in [-0.1, -0.05) is 0 Å². The summed E-state index contributed by atoms with van der Waals surface area (Å²) in [6, 6.07) is 0. The van der Waals surface area contributed by atoms with Crippen LogP contribution >= 0.6 is 0 Å². The highest BCUT2D eigenvalue weighted by Gasteiger charge is 2.15. The van der Waals surface area contributed by atoms with Gasteiger partial charge in [-0.2, -0.15) is 0 Å². The molecule has 7 heteroatoms. The molecule has 0 radical (unpaired) electrons. The van der Waals surface area contributed by atoms with Crippen LogP contribution in [0.3, 0.4) is 0 Å². The number of hydrogen-bond donors (Lipinski definition) is 3. The van der Waals surface area contributed by atoms with Gasteiger partial charge in [0, 0.05) is 0 Å². The van der Waals surface area contributed by atoms with Crippen molar-refractivity contribution in [2.45, 2.75) is 13.5 Å². The molecule has 0 aromatic carbocycles. The predicted octanol–water partition coefficient (Wildman–Crippen LogP) is -0.849. The van der Waals surface area contributed by atoms with E-state index in [2.05, 4.69) is 4.74 Å². The van der Waals surface area contributed by atoms with Gasteiger partial charge in [0.25, 0.3) is 11.8 Å². The molecule has 0 unspecified atom stereocenters. The summed E-state index contributed by atoms with van der Waals surface area (Å²) in [7, 11) is 0. The minimum Gasteiger partial charge on any atom is -0.491 e. The summed E-state index contributed by atoms with van der Waals surface area (Å²) in [6.07, 6.45) is 0. The van der Waals surface area contributed by atoms with Gasteiger partial charge < -0.3 is 14.9 Å². The van der Waals surface area contributed by atoms with Crippen LogP contribution in [0.1, 0.15) is 6.92 Å². The number of nitrogens with zero attached hydrogens (tertiary/aromatic N) is 1. The van der Waals surface area contributed by atoms with Crippen LogP contribution in [-0.4, -0.2) is 32.3 Å². The number of aromatic nitrogens is 2. The SMILES string of the molecule is CCOC(=O)Cn1c(O)c(O)[nH]c1=O. The number of H-pyrrole nitrogens is 1. The van der Waals surface area contributed by atoms with Crippen LogP contribution in [0, 0.1) is 0 Å². The molecule has 0 aliphatic heterocycles. The number of ether oxygens (including phenoxy) is 1. The zero-order valence-corrected chi connectivity index (χ0v) is 7.48. The molecule has 1 heterocycles. The molecule has 0 aliphatic carbocycles. The summed E-state index contributed by atoms with van der Waals surface area (Å²) in [5.41, 5.74) is -0.770. The van der Waals surface area contributed by atoms with E-state index in [4.69, 9.17) is 10.2 Å². The Hall–Kier alpha value is -1.92. The van der Waals surface area contributed by atoms with Crippen LogP contribution in [0.5, 0.6) is 11.8 Å². The second-order valence-electron chi connectivity index (χ2n) is 2.49. The third-order valence-electron chi connectivity index (χ3n) is 1.53. The molecule has 1 aromatic rings. The highest BCUT2D eigenvalue weighted by atomic mass is 16.5. The molecule has 78 valence electrons. The zero-order chi connectivity index (χ0) is 10.7. The minimum atomic E-state index is -0.770. The molecule has 1 rings (SSSR count). The van der Waals surface area contributed by atoms with Crippen LogP contribution in [0.2, 0.25) is 0 Å². The molecule has 0 bridgehead atoms. The lowest BCUT2D eigenvalue weighted by atomic mass is 10.6. The van der Waals surface area contributed by atoms with E-state index in [9.17, 15) is 9.59 Å². The Morgan fingerprint density at radius 3 is 2.64 bits per heavy atom. The molecule has 1 aromatic heterocycles. The fourth-order valence-electron chi connectivity index (χ4n) is 0.931. The van der Waals surface area contributed by atoms with Crippen molar-refractivity contribution in [3.63, 3.8) is 0 Å². The lowest BCUT2D eigenvalue weighted by molar-refractivity contribution is -0.143. The molecule has 0 saturated heterocycles. The maximum Gasteiger partial charge on any atom is 0.331 e. The molecule has 0 atom stereocenters. The van der Waals surface area contributed by atoms with Gasteiger partial charge in [-0.15, -0.1) is 0 Å². The third-order valence-corrected chi connectivity index (χ3v) is 1.53. The van der Waals surface area contributed by atoms with Crippen LogP contribution in [0.25, 0.3) is 0 Å². The maximum absolute atomic E-state index is 11.0. The number of esters is 1. The van der Waals surface area contributed by atoms with E-state index in [0.717, 1.165) is 0 Å². The number of carbonyl (C=O) groups excluding carboxylic acids is 1. The number of nitrogens with one attached hydrogen (secondary N) is 1. The van der Waals surface area contributed by atoms with E-state index in [0.29, 0.717) is 4.57 Å². The molecule has 14 heavy (non-hydrogen) atoms. The van der Waals surface area contributed by atoms with Gasteiger partial charge >= 0.3 is 11.7 Å². The normalized spacial score (nSPS) is 10.1. The Morgan fingerprint density at radius 2 is 2.21 bits per heavy atom. The fourth-order valence-corrected chi connectivity index (χ4v) is 0.931. The Kier molecular flexibility index (Phi) is 2.80. The Labute approximate surface area is 78.6 Å². The van der Waals surface area contributed by atoms with Gasteiger partial charge in [-0.05, 0) is 6.92 Å². The Bertz CT molecular complexity index is 391. The van der Waals surface area contributed by atoms with Crippen molar-refractivity contribution in [1.29, 1.82) is 0 Å².